The molecule has 0 bridgehead atoms. The Bertz CT molecular complexity index is 1410. The number of nitrogens with one attached hydrogen (secondary N) is 1. The minimum Gasteiger partial charge on any atom is -0.493 e. The molecule has 2 aliphatic heterocycles. The van der Waals surface area contributed by atoms with E-state index in [2.05, 4.69) is 38.8 Å². The number of halogens is 1. The average Bonchev–Trinajstić information content (AvgIpc) is 3.35. The molecule has 2 aromatic rings. The Labute approximate surface area is 233 Å². The molecule has 1 N–H and O–H groups in total. The first-order valence-electron chi connectivity index (χ1n) is 12.0. The smallest absolute Gasteiger partial charge is 0.283 e. The van der Waals surface area contributed by atoms with Gasteiger partial charge in [0.1, 0.15) is 11.7 Å². The first kappa shape index (κ1) is 25.5. The summed E-state index contributed by atoms with van der Waals surface area (Å²) in [5.41, 5.74) is 2.19. The maximum atomic E-state index is 12.9. The lowest BCUT2D eigenvalue weighted by Crippen LogP contribution is -2.35. The number of hydrogen-bond acceptors (Lipinski definition) is 7. The van der Waals surface area contributed by atoms with Gasteiger partial charge in [-0.15, -0.1) is 0 Å². The summed E-state index contributed by atoms with van der Waals surface area (Å²) in [6.07, 6.45) is 7.44. The van der Waals surface area contributed by atoms with Crippen LogP contribution < -0.4 is 9.47 Å². The van der Waals surface area contributed by atoms with Gasteiger partial charge in [0.25, 0.3) is 5.91 Å². The zero-order valence-corrected chi connectivity index (χ0v) is 23.1. The van der Waals surface area contributed by atoms with Gasteiger partial charge < -0.3 is 9.47 Å². The molecule has 0 atom stereocenters. The van der Waals surface area contributed by atoms with Gasteiger partial charge in [-0.25, -0.2) is 0 Å². The monoisotopic (exact) mass is 625 g/mol. The molecule has 0 aromatic heterocycles. The van der Waals surface area contributed by atoms with Crippen molar-refractivity contribution in [1.82, 2.24) is 5.01 Å². The van der Waals surface area contributed by atoms with Gasteiger partial charge in [0.2, 0.25) is 5.17 Å². The van der Waals surface area contributed by atoms with E-state index < -0.39 is 5.91 Å². The Hall–Kier alpha value is -3.17. The number of carbonyl (C=O) groups excluding carboxylic acids is 1. The first-order chi connectivity index (χ1) is 18.0. The highest BCUT2D eigenvalue weighted by Crippen LogP contribution is 2.38. The van der Waals surface area contributed by atoms with E-state index in [1.165, 1.54) is 36.0 Å². The largest absolute Gasteiger partial charge is 0.493 e. The molecular weight excluding hydrogens is 601 g/mol. The molecule has 3 aliphatic rings. The Kier molecular flexibility index (Phi) is 7.62. The molecule has 37 heavy (non-hydrogen) atoms. The quantitative estimate of drug-likeness (QED) is 0.314. The average molecular weight is 625 g/mol. The zero-order valence-electron chi connectivity index (χ0n) is 20.2. The summed E-state index contributed by atoms with van der Waals surface area (Å²) in [6, 6.07) is 13.1. The Morgan fingerprint density at radius 2 is 2.05 bits per heavy atom. The Morgan fingerprint density at radius 3 is 2.81 bits per heavy atom. The molecular formula is C27H24IN5O3S. The van der Waals surface area contributed by atoms with Gasteiger partial charge in [0.15, 0.2) is 17.3 Å². The van der Waals surface area contributed by atoms with E-state index in [0.29, 0.717) is 33.7 Å². The second-order valence-electron chi connectivity index (χ2n) is 8.88. The molecule has 0 saturated heterocycles. The van der Waals surface area contributed by atoms with E-state index in [9.17, 15) is 10.1 Å². The SMILES string of the molecule is COc1cc(/C=C2\C(=N)N3N=C(C4CCCCC4)SC3=NC2=O)cc(I)c1OCc1ccccc1C#N. The minimum atomic E-state index is -0.453. The Morgan fingerprint density at radius 1 is 1.27 bits per heavy atom. The van der Waals surface area contributed by atoms with Gasteiger partial charge in [-0.2, -0.15) is 20.4 Å². The van der Waals surface area contributed by atoms with Crippen molar-refractivity contribution in [2.24, 2.45) is 16.0 Å². The zero-order chi connectivity index (χ0) is 25.9. The molecule has 1 aliphatic carbocycles. The summed E-state index contributed by atoms with van der Waals surface area (Å²) in [4.78, 5) is 17.1. The van der Waals surface area contributed by atoms with Crippen LogP contribution in [0.3, 0.4) is 0 Å². The predicted molar refractivity (Wildman–Crippen MR) is 153 cm³/mol. The van der Waals surface area contributed by atoms with Gasteiger partial charge in [-0.05, 0) is 77.0 Å². The number of nitriles is 1. The molecule has 0 spiro atoms. The van der Waals surface area contributed by atoms with Gasteiger partial charge in [-0.3, -0.25) is 10.2 Å². The molecule has 1 fully saturated rings. The highest BCUT2D eigenvalue weighted by Gasteiger charge is 2.38. The van der Waals surface area contributed by atoms with E-state index in [1.807, 2.05) is 24.3 Å². The van der Waals surface area contributed by atoms with E-state index >= 15 is 0 Å². The Balaban J connectivity index is 1.39. The number of amides is 1. The third kappa shape index (κ3) is 5.29. The van der Waals surface area contributed by atoms with Crippen LogP contribution in [0.5, 0.6) is 11.5 Å². The number of methoxy groups -OCH3 is 1. The molecule has 0 unspecified atom stereocenters. The normalized spacial score (nSPS) is 18.8. The second kappa shape index (κ2) is 11.1. The van der Waals surface area contributed by atoms with Crippen molar-refractivity contribution < 1.29 is 14.3 Å². The molecule has 2 heterocycles. The van der Waals surface area contributed by atoms with Crippen LogP contribution in [0.1, 0.15) is 48.8 Å². The van der Waals surface area contributed by atoms with Gasteiger partial charge >= 0.3 is 0 Å². The number of hydrogen-bond donors (Lipinski definition) is 1. The van der Waals surface area contributed by atoms with Crippen LogP contribution in [0.15, 0.2) is 52.1 Å². The van der Waals surface area contributed by atoms with Gasteiger partial charge in [0, 0.05) is 11.5 Å². The maximum Gasteiger partial charge on any atom is 0.283 e. The summed E-state index contributed by atoms with van der Waals surface area (Å²) in [7, 11) is 1.55. The molecule has 2 aromatic carbocycles. The fourth-order valence-corrected chi connectivity index (χ4v) is 6.40. The van der Waals surface area contributed by atoms with Crippen molar-refractivity contribution in [2.75, 3.05) is 7.11 Å². The van der Waals surface area contributed by atoms with Crippen molar-refractivity contribution in [3.8, 4) is 17.6 Å². The van der Waals surface area contributed by atoms with Crippen molar-refractivity contribution in [3.63, 3.8) is 0 Å². The van der Waals surface area contributed by atoms with Crippen LogP contribution in [0.25, 0.3) is 6.08 Å². The van der Waals surface area contributed by atoms with Gasteiger partial charge in [-0.1, -0.05) is 37.5 Å². The number of rotatable bonds is 6. The summed E-state index contributed by atoms with van der Waals surface area (Å²) in [5.74, 6) is 0.977. The second-order valence-corrected chi connectivity index (χ2v) is 11.0. The number of amidine groups is 2. The summed E-state index contributed by atoms with van der Waals surface area (Å²) in [5, 5.41) is 25.6. The number of thioether (sulfide) groups is 1. The van der Waals surface area contributed by atoms with E-state index in [-0.39, 0.29) is 18.0 Å². The first-order valence-corrected chi connectivity index (χ1v) is 13.9. The molecule has 188 valence electrons. The van der Waals surface area contributed by atoms with Crippen LogP contribution in [0, 0.1) is 26.2 Å². The van der Waals surface area contributed by atoms with Crippen molar-refractivity contribution in [2.45, 2.75) is 38.7 Å². The highest BCUT2D eigenvalue weighted by atomic mass is 127. The third-order valence-corrected chi connectivity index (χ3v) is 8.37. The van der Waals surface area contributed by atoms with Crippen LogP contribution >= 0.6 is 34.4 Å². The molecule has 5 rings (SSSR count). The van der Waals surface area contributed by atoms with E-state index in [1.54, 1.807) is 25.3 Å². The number of carbonyl (C=O) groups is 1. The van der Waals surface area contributed by atoms with Crippen LogP contribution in [-0.2, 0) is 11.4 Å². The fourth-order valence-electron chi connectivity index (χ4n) is 4.56. The standard InChI is InChI=1S/C27H24IN5O3S/c1-35-22-13-16(12-21(28)23(22)36-15-19-10-6-5-9-18(19)14-29)11-20-24(30)33-27(31-25(20)34)37-26(32-33)17-7-3-2-4-8-17/h5-6,9-13,17,30H,2-4,7-8,15H2,1H3/b20-11+,30-24?. The molecule has 0 radical (unpaired) electrons. The predicted octanol–water partition coefficient (Wildman–Crippen LogP) is 5.95. The fraction of sp³-hybridized carbons (Fsp3) is 0.296. The maximum absolute atomic E-state index is 12.9. The molecule has 1 amide bonds. The van der Waals surface area contributed by atoms with E-state index in [4.69, 9.17) is 14.9 Å². The molecule has 8 nitrogen and oxygen atoms in total. The van der Waals surface area contributed by atoms with Crippen LogP contribution in [0.4, 0.5) is 0 Å². The lowest BCUT2D eigenvalue weighted by atomic mass is 9.90. The lowest BCUT2D eigenvalue weighted by Gasteiger charge is -2.20. The minimum absolute atomic E-state index is 0.0238. The lowest BCUT2D eigenvalue weighted by molar-refractivity contribution is -0.114. The number of aliphatic imine (C=N–C) groups is 1. The number of ether oxygens (including phenoxy) is 2. The molecule has 10 heteroatoms. The van der Waals surface area contributed by atoms with Gasteiger partial charge in [0.05, 0.1) is 27.9 Å². The highest BCUT2D eigenvalue weighted by molar-refractivity contribution is 14.1. The summed E-state index contributed by atoms with van der Waals surface area (Å²) in [6.45, 7) is 0.213. The topological polar surface area (TPSA) is 111 Å². The van der Waals surface area contributed by atoms with E-state index in [0.717, 1.165) is 27.0 Å². The van der Waals surface area contributed by atoms with Crippen molar-refractivity contribution >= 4 is 62.4 Å². The third-order valence-electron chi connectivity index (χ3n) is 6.50. The van der Waals surface area contributed by atoms with Crippen molar-refractivity contribution in [1.29, 1.82) is 10.7 Å². The number of nitrogens with zero attached hydrogens (tertiary/aromatic N) is 4. The number of benzene rings is 2. The molecule has 1 saturated carbocycles. The van der Waals surface area contributed by atoms with Crippen LogP contribution in [-0.4, -0.2) is 34.1 Å². The van der Waals surface area contributed by atoms with Crippen LogP contribution in [0.2, 0.25) is 0 Å². The van der Waals surface area contributed by atoms with Crippen molar-refractivity contribution in [3.05, 3.63) is 62.2 Å². The number of hydrazone groups is 1. The summed E-state index contributed by atoms with van der Waals surface area (Å²) < 4.78 is 12.4. The summed E-state index contributed by atoms with van der Waals surface area (Å²) >= 11 is 3.56. The number of fused-ring (bicyclic) bond motifs is 1.